The van der Waals surface area contributed by atoms with Crippen LogP contribution in [0.4, 0.5) is 0 Å². The second kappa shape index (κ2) is 19.3. The maximum Gasteiger partial charge on any atom is 1.00 e. The van der Waals surface area contributed by atoms with Gasteiger partial charge in [0.25, 0.3) is 0 Å². The van der Waals surface area contributed by atoms with Crippen molar-refractivity contribution in [2.24, 2.45) is 5.41 Å². The molecular weight excluding hydrogens is 549 g/mol. The molecule has 0 aliphatic rings. The molecule has 0 aromatic heterocycles. The van der Waals surface area contributed by atoms with Crippen molar-refractivity contribution < 1.29 is 85.1 Å². The average molecular weight is 588 g/mol. The Morgan fingerprint density at radius 2 is 1.75 bits per heavy atom. The first-order chi connectivity index (χ1) is 16.3. The van der Waals surface area contributed by atoms with E-state index in [-0.39, 0.29) is 55.1 Å². The summed E-state index contributed by atoms with van der Waals surface area (Å²) in [5, 5.41) is 21.2. The third kappa shape index (κ3) is 15.6. The predicted molar refractivity (Wildman–Crippen MR) is 129 cm³/mol. The van der Waals surface area contributed by atoms with E-state index in [0.29, 0.717) is 19.1 Å². The van der Waals surface area contributed by atoms with Crippen LogP contribution < -0.4 is 34.9 Å². The van der Waals surface area contributed by atoms with Crippen molar-refractivity contribution in [3.8, 4) is 0 Å². The maximum atomic E-state index is 12.3. The van der Waals surface area contributed by atoms with E-state index >= 15 is 0 Å². The fourth-order valence-electron chi connectivity index (χ4n) is 2.57. The monoisotopic (exact) mass is 587 g/mol. The van der Waals surface area contributed by atoms with Crippen molar-refractivity contribution in [1.82, 2.24) is 5.32 Å². The number of carbonyl (C=O) groups is 2. The van der Waals surface area contributed by atoms with Crippen LogP contribution in [0.15, 0.2) is 0 Å². The van der Waals surface area contributed by atoms with Crippen LogP contribution in [0.1, 0.15) is 20.3 Å². The van der Waals surface area contributed by atoms with Gasteiger partial charge >= 0.3 is 44.3 Å². The fourth-order valence-corrected chi connectivity index (χ4v) is 5.66. The third-order valence-corrected chi connectivity index (χ3v) is 9.98. The Labute approximate surface area is 240 Å². The molecule has 1 amide bonds. The summed E-state index contributed by atoms with van der Waals surface area (Å²) in [5.41, 5.74) is -1.31. The molecule has 0 heterocycles. The molecule has 0 aliphatic carbocycles. The molecule has 0 fully saturated rings. The summed E-state index contributed by atoms with van der Waals surface area (Å²) >= 11 is 1.05. The van der Waals surface area contributed by atoms with Gasteiger partial charge in [0, 0.05) is 46.3 Å². The molecule has 3 unspecified atom stereocenters. The van der Waals surface area contributed by atoms with Crippen molar-refractivity contribution >= 4 is 42.6 Å². The Balaban J connectivity index is 0. The Morgan fingerprint density at radius 1 is 1.17 bits per heavy atom. The van der Waals surface area contributed by atoms with E-state index < -0.39 is 59.9 Å². The second-order valence-electron chi connectivity index (χ2n) is 7.95. The first-order valence-electron chi connectivity index (χ1n) is 10.8. The van der Waals surface area contributed by atoms with Crippen molar-refractivity contribution in [3.63, 3.8) is 0 Å². The van der Waals surface area contributed by atoms with Gasteiger partial charge in [-0.15, -0.1) is 11.8 Å². The summed E-state index contributed by atoms with van der Waals surface area (Å²) in [6.07, 6.45) is -0.442. The Kier molecular flexibility index (Phi) is 20.5. The number of esters is 1. The SMILES string of the molecule is CO[Si](CCCOCC(O)COC(=O)C(C)SCC(C)(CO)C(=O)NCCS(=O)(=O)[O-])(OC)OC.[Na+]. The molecule has 0 aliphatic heterocycles. The number of hydrogen-bond acceptors (Lipinski definition) is 13. The number of aliphatic hydroxyl groups is 2. The van der Waals surface area contributed by atoms with Crippen molar-refractivity contribution in [2.75, 3.05) is 65.8 Å². The Morgan fingerprint density at radius 3 is 2.25 bits per heavy atom. The minimum Gasteiger partial charge on any atom is -0.748 e. The molecule has 0 rings (SSSR count). The third-order valence-electron chi connectivity index (χ3n) is 4.95. The van der Waals surface area contributed by atoms with E-state index in [9.17, 15) is 32.8 Å². The van der Waals surface area contributed by atoms with Crippen molar-refractivity contribution in [3.05, 3.63) is 0 Å². The maximum absolute atomic E-state index is 12.3. The molecule has 0 aromatic rings. The molecule has 0 saturated heterocycles. The molecule has 0 radical (unpaired) electrons. The average Bonchev–Trinajstić information content (AvgIpc) is 2.82. The minimum atomic E-state index is -4.48. The molecule has 0 spiro atoms. The number of aliphatic hydroxyl groups excluding tert-OH is 2. The molecule has 0 saturated carbocycles. The first-order valence-corrected chi connectivity index (χ1v) is 15.4. The zero-order valence-corrected chi connectivity index (χ0v) is 26.4. The van der Waals surface area contributed by atoms with Crippen molar-refractivity contribution in [2.45, 2.75) is 37.7 Å². The van der Waals surface area contributed by atoms with Gasteiger partial charge in [-0.2, -0.15) is 0 Å². The summed E-state index contributed by atoms with van der Waals surface area (Å²) < 4.78 is 58.3. The molecule has 17 heteroatoms. The smallest absolute Gasteiger partial charge is 0.748 e. The van der Waals surface area contributed by atoms with Gasteiger partial charge in [0.05, 0.1) is 39.7 Å². The molecule has 13 nitrogen and oxygen atoms in total. The van der Waals surface area contributed by atoms with Crippen LogP contribution in [0, 0.1) is 5.41 Å². The van der Waals surface area contributed by atoms with Crippen LogP contribution >= 0.6 is 11.8 Å². The van der Waals surface area contributed by atoms with E-state index in [1.807, 2.05) is 0 Å². The molecular formula is C19H38NNaO12S2Si. The molecule has 0 aromatic carbocycles. The van der Waals surface area contributed by atoms with Gasteiger partial charge in [0.2, 0.25) is 5.91 Å². The molecule has 3 N–H and O–H groups in total. The van der Waals surface area contributed by atoms with Crippen LogP contribution in [0.25, 0.3) is 0 Å². The summed E-state index contributed by atoms with van der Waals surface area (Å²) in [4.78, 5) is 24.5. The van der Waals surface area contributed by atoms with Crippen molar-refractivity contribution in [1.29, 1.82) is 0 Å². The quantitative estimate of drug-likeness (QED) is 0.0541. The number of thioether (sulfide) groups is 1. The largest absolute Gasteiger partial charge is 1.00 e. The number of hydrogen-bond donors (Lipinski definition) is 3. The topological polar surface area (TPSA) is 190 Å². The summed E-state index contributed by atoms with van der Waals surface area (Å²) in [7, 11) is -2.60. The zero-order chi connectivity index (χ0) is 27.1. The Bertz CT molecular complexity index is 736. The van der Waals surface area contributed by atoms with Gasteiger partial charge in [-0.25, -0.2) is 8.42 Å². The standard InChI is InChI=1S/C19H39NO12S2Si.Na/c1-15(33-14-19(2,13-21)18(24)20-7-9-34(25,26)27)17(23)32-12-16(22)11-31-8-6-10-35(28-3,29-4)30-5;/h15-16,21-22H,6-14H2,1-5H3,(H,20,24)(H,25,26,27);/q;+1/p-1. The van der Waals surface area contributed by atoms with Gasteiger partial charge in [0.15, 0.2) is 0 Å². The fraction of sp³-hybridized carbons (Fsp3) is 0.895. The summed E-state index contributed by atoms with van der Waals surface area (Å²) in [5.74, 6) is -2.01. The van der Waals surface area contributed by atoms with E-state index in [1.54, 1.807) is 6.92 Å². The number of amides is 1. The molecule has 36 heavy (non-hydrogen) atoms. The molecule has 0 bridgehead atoms. The van der Waals surface area contributed by atoms with Crippen LogP contribution in [0.2, 0.25) is 6.04 Å². The minimum absolute atomic E-state index is 0. The van der Waals surface area contributed by atoms with Gasteiger partial charge in [-0.05, 0) is 20.3 Å². The number of carbonyl (C=O) groups excluding carboxylic acids is 2. The summed E-state index contributed by atoms with van der Waals surface area (Å²) in [6.45, 7) is 2.06. The van der Waals surface area contributed by atoms with E-state index in [0.717, 1.165) is 11.8 Å². The molecule has 3 atom stereocenters. The van der Waals surface area contributed by atoms with Gasteiger partial charge in [-0.1, -0.05) is 0 Å². The predicted octanol–water partition coefficient (Wildman–Crippen LogP) is -4.04. The van der Waals surface area contributed by atoms with Crippen LogP contribution in [0.3, 0.4) is 0 Å². The van der Waals surface area contributed by atoms with Crippen LogP contribution in [0.5, 0.6) is 0 Å². The van der Waals surface area contributed by atoms with E-state index in [4.69, 9.17) is 22.8 Å². The van der Waals surface area contributed by atoms with Gasteiger partial charge in [-0.3, -0.25) is 9.59 Å². The van der Waals surface area contributed by atoms with Crippen LogP contribution in [-0.2, 0) is 42.5 Å². The number of nitrogens with one attached hydrogen (secondary N) is 1. The Hall–Kier alpha value is 0.177. The number of ether oxygens (including phenoxy) is 2. The molecule has 208 valence electrons. The van der Waals surface area contributed by atoms with Gasteiger partial charge < -0.3 is 42.8 Å². The summed E-state index contributed by atoms with van der Waals surface area (Å²) in [6, 6.07) is 0.541. The first kappa shape index (κ1) is 38.3. The van der Waals surface area contributed by atoms with Gasteiger partial charge in [0.1, 0.15) is 12.7 Å². The van der Waals surface area contributed by atoms with Crippen LogP contribution in [-0.4, -0.2) is 121 Å². The second-order valence-corrected chi connectivity index (χ2v) is 13.9. The van der Waals surface area contributed by atoms with E-state index in [1.165, 1.54) is 28.3 Å². The zero-order valence-electron chi connectivity index (χ0n) is 21.8. The van der Waals surface area contributed by atoms with E-state index in [2.05, 4.69) is 5.32 Å². The normalized spacial score (nSPS) is 15.3. The number of rotatable bonds is 20.